The summed E-state index contributed by atoms with van der Waals surface area (Å²) in [6.07, 6.45) is 3.55. The standard InChI is InChI=1S/C10H11BrN4O/c1-14-5-4-9(12-14)13-15-7-8(6-11)2-3-10(15)16/h2-5,7H,6H2,1H3,(H,12,13). The van der Waals surface area contributed by atoms with Crippen molar-refractivity contribution in [1.29, 1.82) is 0 Å². The highest BCUT2D eigenvalue weighted by molar-refractivity contribution is 9.08. The molecule has 0 aromatic carbocycles. The maximum Gasteiger partial charge on any atom is 0.269 e. The van der Waals surface area contributed by atoms with Gasteiger partial charge in [-0.1, -0.05) is 22.0 Å². The first-order valence-corrected chi connectivity index (χ1v) is 5.85. The molecule has 0 bridgehead atoms. The normalized spacial score (nSPS) is 10.4. The van der Waals surface area contributed by atoms with Gasteiger partial charge in [0.15, 0.2) is 5.82 Å². The van der Waals surface area contributed by atoms with Gasteiger partial charge < -0.3 is 0 Å². The largest absolute Gasteiger partial charge is 0.274 e. The summed E-state index contributed by atoms with van der Waals surface area (Å²) in [4.78, 5) is 11.5. The SMILES string of the molecule is Cn1ccc(Nn2cc(CBr)ccc2=O)n1. The van der Waals surface area contributed by atoms with Crippen molar-refractivity contribution in [1.82, 2.24) is 14.5 Å². The van der Waals surface area contributed by atoms with Gasteiger partial charge in [0.1, 0.15) is 0 Å². The summed E-state index contributed by atoms with van der Waals surface area (Å²) in [5.74, 6) is 0.635. The fourth-order valence-electron chi connectivity index (χ4n) is 1.30. The zero-order valence-corrected chi connectivity index (χ0v) is 10.3. The Morgan fingerprint density at radius 2 is 2.25 bits per heavy atom. The number of aryl methyl sites for hydroxylation is 1. The van der Waals surface area contributed by atoms with Gasteiger partial charge in [-0.3, -0.25) is 14.9 Å². The molecule has 2 aromatic rings. The first kappa shape index (κ1) is 10.9. The molecule has 0 saturated carbocycles. The Labute approximate surface area is 101 Å². The number of rotatable bonds is 3. The van der Waals surface area contributed by atoms with Gasteiger partial charge in [0.2, 0.25) is 0 Å². The van der Waals surface area contributed by atoms with Crippen LogP contribution in [-0.2, 0) is 12.4 Å². The van der Waals surface area contributed by atoms with E-state index >= 15 is 0 Å². The summed E-state index contributed by atoms with van der Waals surface area (Å²) in [5.41, 5.74) is 3.82. The van der Waals surface area contributed by atoms with Crippen LogP contribution in [0.5, 0.6) is 0 Å². The van der Waals surface area contributed by atoms with E-state index in [-0.39, 0.29) is 5.56 Å². The summed E-state index contributed by atoms with van der Waals surface area (Å²) >= 11 is 3.34. The van der Waals surface area contributed by atoms with Crippen molar-refractivity contribution in [3.05, 3.63) is 46.5 Å². The van der Waals surface area contributed by atoms with Gasteiger partial charge in [-0.2, -0.15) is 5.10 Å². The monoisotopic (exact) mass is 282 g/mol. The maximum atomic E-state index is 11.5. The third kappa shape index (κ3) is 2.33. The number of nitrogens with zero attached hydrogens (tertiary/aromatic N) is 3. The Hall–Kier alpha value is -1.56. The molecule has 0 aliphatic carbocycles. The summed E-state index contributed by atoms with van der Waals surface area (Å²) in [6, 6.07) is 5.10. The van der Waals surface area contributed by atoms with Crippen LogP contribution in [0.15, 0.2) is 35.4 Å². The molecule has 0 radical (unpaired) electrons. The molecule has 0 aliphatic heterocycles. The Morgan fingerprint density at radius 1 is 1.44 bits per heavy atom. The first-order valence-electron chi connectivity index (χ1n) is 4.73. The van der Waals surface area contributed by atoms with E-state index in [2.05, 4.69) is 26.5 Å². The molecule has 84 valence electrons. The van der Waals surface area contributed by atoms with Crippen molar-refractivity contribution >= 4 is 21.7 Å². The summed E-state index contributed by atoms with van der Waals surface area (Å²) in [5, 5.41) is 4.84. The highest BCUT2D eigenvalue weighted by Crippen LogP contribution is 2.04. The second kappa shape index (κ2) is 4.52. The van der Waals surface area contributed by atoms with Gasteiger partial charge in [0, 0.05) is 36.9 Å². The lowest BCUT2D eigenvalue weighted by Gasteiger charge is -2.07. The molecule has 16 heavy (non-hydrogen) atoms. The van der Waals surface area contributed by atoms with Crippen LogP contribution in [0.1, 0.15) is 5.56 Å². The molecular formula is C10H11BrN4O. The zero-order chi connectivity index (χ0) is 11.5. The van der Waals surface area contributed by atoms with Crippen molar-refractivity contribution in [2.24, 2.45) is 7.05 Å². The Morgan fingerprint density at radius 3 is 2.88 bits per heavy atom. The van der Waals surface area contributed by atoms with Crippen LogP contribution in [0, 0.1) is 0 Å². The van der Waals surface area contributed by atoms with Crippen LogP contribution in [0.2, 0.25) is 0 Å². The first-order chi connectivity index (χ1) is 7.69. The second-order valence-corrected chi connectivity index (χ2v) is 3.93. The molecule has 0 fully saturated rings. The minimum atomic E-state index is -0.115. The number of halogens is 1. The number of alkyl halides is 1. The van der Waals surface area contributed by atoms with Gasteiger partial charge in [0.25, 0.3) is 5.56 Å². The van der Waals surface area contributed by atoms with Crippen LogP contribution in [0.3, 0.4) is 0 Å². The molecule has 0 spiro atoms. The lowest BCUT2D eigenvalue weighted by atomic mass is 10.3. The van der Waals surface area contributed by atoms with E-state index < -0.39 is 0 Å². The van der Waals surface area contributed by atoms with E-state index in [0.717, 1.165) is 5.56 Å². The minimum absolute atomic E-state index is 0.115. The molecule has 6 heteroatoms. The summed E-state index contributed by atoms with van der Waals surface area (Å²) < 4.78 is 3.08. The highest BCUT2D eigenvalue weighted by atomic mass is 79.9. The van der Waals surface area contributed by atoms with Crippen LogP contribution < -0.4 is 11.0 Å². The van der Waals surface area contributed by atoms with Gasteiger partial charge >= 0.3 is 0 Å². The number of pyridine rings is 1. The number of anilines is 1. The lowest BCUT2D eigenvalue weighted by molar-refractivity contribution is 0.759. The molecule has 0 saturated heterocycles. The molecule has 1 N–H and O–H groups in total. The molecule has 0 atom stereocenters. The van der Waals surface area contributed by atoms with Crippen LogP contribution >= 0.6 is 15.9 Å². The summed E-state index contributed by atoms with van der Waals surface area (Å²) in [7, 11) is 1.82. The van der Waals surface area contributed by atoms with E-state index in [4.69, 9.17) is 0 Å². The zero-order valence-electron chi connectivity index (χ0n) is 8.72. The molecule has 0 amide bonds. The molecule has 0 aliphatic rings. The predicted octanol–water partition coefficient (Wildman–Crippen LogP) is 1.35. The van der Waals surface area contributed by atoms with E-state index in [1.54, 1.807) is 23.0 Å². The van der Waals surface area contributed by atoms with E-state index in [0.29, 0.717) is 11.1 Å². The fourth-order valence-corrected chi connectivity index (χ4v) is 1.63. The Balaban J connectivity index is 2.30. The van der Waals surface area contributed by atoms with Crippen LogP contribution in [0.4, 0.5) is 5.82 Å². The molecule has 5 nitrogen and oxygen atoms in total. The summed E-state index contributed by atoms with van der Waals surface area (Å²) in [6.45, 7) is 0. The Kier molecular flexibility index (Phi) is 3.09. The smallest absolute Gasteiger partial charge is 0.269 e. The second-order valence-electron chi connectivity index (χ2n) is 3.37. The average Bonchev–Trinajstić information content (AvgIpc) is 2.67. The van der Waals surface area contributed by atoms with E-state index in [1.165, 1.54) is 10.7 Å². The van der Waals surface area contributed by atoms with Crippen molar-refractivity contribution in [2.45, 2.75) is 5.33 Å². The van der Waals surface area contributed by atoms with Gasteiger partial charge in [-0.25, -0.2) is 4.68 Å². The fraction of sp³-hybridized carbons (Fsp3) is 0.200. The number of nitrogens with one attached hydrogen (secondary N) is 1. The quantitative estimate of drug-likeness (QED) is 0.865. The molecule has 2 rings (SSSR count). The average molecular weight is 283 g/mol. The third-order valence-electron chi connectivity index (χ3n) is 2.08. The Bertz CT molecular complexity index is 546. The van der Waals surface area contributed by atoms with E-state index in [1.807, 2.05) is 13.2 Å². The molecule has 0 unspecified atom stereocenters. The van der Waals surface area contributed by atoms with Gasteiger partial charge in [0.05, 0.1) is 0 Å². The number of hydrogen-bond donors (Lipinski definition) is 1. The number of hydrogen-bond acceptors (Lipinski definition) is 3. The predicted molar refractivity (Wildman–Crippen MR) is 65.6 cm³/mol. The van der Waals surface area contributed by atoms with Crippen LogP contribution in [-0.4, -0.2) is 14.5 Å². The molecule has 2 heterocycles. The lowest BCUT2D eigenvalue weighted by Crippen LogP contribution is -2.25. The van der Waals surface area contributed by atoms with Crippen LogP contribution in [0.25, 0.3) is 0 Å². The van der Waals surface area contributed by atoms with Crippen molar-refractivity contribution in [3.8, 4) is 0 Å². The minimum Gasteiger partial charge on any atom is -0.274 e. The molecule has 2 aromatic heterocycles. The topological polar surface area (TPSA) is 51.9 Å². The highest BCUT2D eigenvalue weighted by Gasteiger charge is 2.00. The number of aromatic nitrogens is 3. The maximum absolute atomic E-state index is 11.5. The van der Waals surface area contributed by atoms with Gasteiger partial charge in [-0.05, 0) is 5.56 Å². The van der Waals surface area contributed by atoms with Gasteiger partial charge in [-0.15, -0.1) is 0 Å². The molecular weight excluding hydrogens is 272 g/mol. The van der Waals surface area contributed by atoms with Crippen molar-refractivity contribution < 1.29 is 0 Å². The van der Waals surface area contributed by atoms with Crippen molar-refractivity contribution in [2.75, 3.05) is 5.43 Å². The third-order valence-corrected chi connectivity index (χ3v) is 2.72. The van der Waals surface area contributed by atoms with E-state index in [9.17, 15) is 4.79 Å². The van der Waals surface area contributed by atoms with Crippen molar-refractivity contribution in [3.63, 3.8) is 0 Å².